The lowest BCUT2D eigenvalue weighted by Crippen LogP contribution is -2.25. The Morgan fingerprint density at radius 3 is 2.64 bits per heavy atom. The maximum atomic E-state index is 12.2. The van der Waals surface area contributed by atoms with Crippen LogP contribution < -0.4 is 10.2 Å². The number of nitrogens with zero attached hydrogens (tertiary/aromatic N) is 1. The summed E-state index contributed by atoms with van der Waals surface area (Å²) in [4.78, 5) is 38.5. The Balaban J connectivity index is 1.61. The number of thiophene rings is 1. The summed E-state index contributed by atoms with van der Waals surface area (Å²) in [5.74, 6) is -0.295. The quantitative estimate of drug-likeness (QED) is 0.771. The fourth-order valence-electron chi connectivity index (χ4n) is 2.74. The van der Waals surface area contributed by atoms with Gasteiger partial charge in [0.2, 0.25) is 11.8 Å². The van der Waals surface area contributed by atoms with E-state index in [1.54, 1.807) is 29.2 Å². The zero-order chi connectivity index (χ0) is 17.8. The SMILES string of the molecule is O=C(CCC(=O)c1ccc(Cl)s1)Nc1ccccc1N1CCCC1=O. The van der Waals surface area contributed by atoms with E-state index in [2.05, 4.69) is 5.32 Å². The fraction of sp³-hybridized carbons (Fsp3) is 0.278. The molecule has 25 heavy (non-hydrogen) atoms. The number of benzene rings is 1. The van der Waals surface area contributed by atoms with Crippen LogP contribution >= 0.6 is 22.9 Å². The van der Waals surface area contributed by atoms with Crippen LogP contribution in [-0.4, -0.2) is 24.1 Å². The van der Waals surface area contributed by atoms with Crippen molar-refractivity contribution in [1.29, 1.82) is 0 Å². The van der Waals surface area contributed by atoms with Gasteiger partial charge in [0.15, 0.2) is 5.78 Å². The molecule has 0 unspecified atom stereocenters. The van der Waals surface area contributed by atoms with Crippen molar-refractivity contribution in [3.8, 4) is 0 Å². The van der Waals surface area contributed by atoms with Gasteiger partial charge in [-0.3, -0.25) is 14.4 Å². The predicted octanol–water partition coefficient (Wildman–Crippen LogP) is 4.13. The first-order chi connectivity index (χ1) is 12.0. The molecule has 1 N–H and O–H groups in total. The zero-order valence-corrected chi connectivity index (χ0v) is 15.0. The van der Waals surface area contributed by atoms with Gasteiger partial charge in [-0.2, -0.15) is 0 Å². The summed E-state index contributed by atoms with van der Waals surface area (Å²) >= 11 is 7.03. The predicted molar refractivity (Wildman–Crippen MR) is 99.6 cm³/mol. The number of para-hydroxylation sites is 2. The first-order valence-electron chi connectivity index (χ1n) is 8.02. The molecule has 0 radical (unpaired) electrons. The number of nitrogens with one attached hydrogen (secondary N) is 1. The van der Waals surface area contributed by atoms with Crippen molar-refractivity contribution < 1.29 is 14.4 Å². The van der Waals surface area contributed by atoms with Crippen LogP contribution in [0.5, 0.6) is 0 Å². The number of hydrogen-bond acceptors (Lipinski definition) is 4. The van der Waals surface area contributed by atoms with Crippen molar-refractivity contribution in [2.45, 2.75) is 25.7 Å². The number of carbonyl (C=O) groups is 3. The maximum absolute atomic E-state index is 12.2. The summed E-state index contributed by atoms with van der Waals surface area (Å²) in [5, 5.41) is 2.81. The van der Waals surface area contributed by atoms with Crippen LogP contribution in [0.3, 0.4) is 0 Å². The summed E-state index contributed by atoms with van der Waals surface area (Å²) in [5.41, 5.74) is 1.30. The van der Waals surface area contributed by atoms with E-state index in [9.17, 15) is 14.4 Å². The van der Waals surface area contributed by atoms with E-state index in [0.29, 0.717) is 33.6 Å². The van der Waals surface area contributed by atoms with E-state index in [0.717, 1.165) is 6.42 Å². The molecule has 5 nitrogen and oxygen atoms in total. The fourth-order valence-corrected chi connectivity index (χ4v) is 3.76. The van der Waals surface area contributed by atoms with Gasteiger partial charge in [0.05, 0.1) is 20.6 Å². The molecule has 7 heteroatoms. The van der Waals surface area contributed by atoms with Gasteiger partial charge in [-0.15, -0.1) is 11.3 Å². The molecule has 2 heterocycles. The van der Waals surface area contributed by atoms with E-state index in [1.165, 1.54) is 11.3 Å². The van der Waals surface area contributed by atoms with Crippen molar-refractivity contribution in [3.63, 3.8) is 0 Å². The minimum Gasteiger partial charge on any atom is -0.324 e. The summed E-state index contributed by atoms with van der Waals surface area (Å²) in [6.07, 6.45) is 1.54. The molecule has 0 atom stereocenters. The lowest BCUT2D eigenvalue weighted by Gasteiger charge is -2.19. The highest BCUT2D eigenvalue weighted by Crippen LogP contribution is 2.29. The second kappa shape index (κ2) is 7.80. The van der Waals surface area contributed by atoms with E-state index in [4.69, 9.17) is 11.6 Å². The number of anilines is 2. The van der Waals surface area contributed by atoms with Crippen molar-refractivity contribution in [3.05, 3.63) is 45.6 Å². The molecule has 3 rings (SSSR count). The van der Waals surface area contributed by atoms with Crippen LogP contribution in [-0.2, 0) is 9.59 Å². The molecule has 2 aromatic rings. The Kier molecular flexibility index (Phi) is 5.50. The molecular weight excluding hydrogens is 360 g/mol. The van der Waals surface area contributed by atoms with Gasteiger partial charge in [0.1, 0.15) is 0 Å². The second-order valence-electron chi connectivity index (χ2n) is 5.74. The number of halogens is 1. The average molecular weight is 377 g/mol. The minimum absolute atomic E-state index is 0.0615. The highest BCUT2D eigenvalue weighted by molar-refractivity contribution is 7.18. The average Bonchev–Trinajstić information content (AvgIpc) is 3.22. The smallest absolute Gasteiger partial charge is 0.227 e. The molecule has 1 aliphatic rings. The van der Waals surface area contributed by atoms with Crippen LogP contribution in [0.2, 0.25) is 4.34 Å². The van der Waals surface area contributed by atoms with Crippen molar-refractivity contribution in [2.24, 2.45) is 0 Å². The molecule has 0 bridgehead atoms. The van der Waals surface area contributed by atoms with Gasteiger partial charge >= 0.3 is 0 Å². The Bertz CT molecular complexity index is 818. The minimum atomic E-state index is -0.255. The van der Waals surface area contributed by atoms with E-state index in [1.807, 2.05) is 12.1 Å². The lowest BCUT2D eigenvalue weighted by molar-refractivity contribution is -0.117. The Morgan fingerprint density at radius 2 is 1.96 bits per heavy atom. The number of ketones is 1. The largest absolute Gasteiger partial charge is 0.324 e. The van der Waals surface area contributed by atoms with E-state index < -0.39 is 0 Å². The molecular formula is C18H17ClN2O3S. The van der Waals surface area contributed by atoms with Crippen molar-refractivity contribution in [1.82, 2.24) is 0 Å². The summed E-state index contributed by atoms with van der Waals surface area (Å²) in [7, 11) is 0. The Labute approximate surface area is 154 Å². The first kappa shape index (κ1) is 17.6. The normalized spacial score (nSPS) is 14.0. The molecule has 0 saturated carbocycles. The zero-order valence-electron chi connectivity index (χ0n) is 13.5. The molecule has 0 aliphatic carbocycles. The van der Waals surface area contributed by atoms with Crippen molar-refractivity contribution >= 4 is 51.9 Å². The first-order valence-corrected chi connectivity index (χ1v) is 9.22. The van der Waals surface area contributed by atoms with Crippen LogP contribution in [0, 0.1) is 0 Å². The third kappa shape index (κ3) is 4.27. The Hall–Kier alpha value is -2.18. The second-order valence-corrected chi connectivity index (χ2v) is 7.46. The number of Topliss-reactive ketones (excluding diaryl/α,β-unsaturated/α-hetero) is 1. The Morgan fingerprint density at radius 1 is 1.16 bits per heavy atom. The molecule has 1 fully saturated rings. The van der Waals surface area contributed by atoms with Gasteiger partial charge in [0.25, 0.3) is 0 Å². The van der Waals surface area contributed by atoms with Crippen LogP contribution in [0.15, 0.2) is 36.4 Å². The van der Waals surface area contributed by atoms with Crippen LogP contribution in [0.4, 0.5) is 11.4 Å². The van der Waals surface area contributed by atoms with Crippen LogP contribution in [0.1, 0.15) is 35.4 Å². The molecule has 1 aliphatic heterocycles. The summed E-state index contributed by atoms with van der Waals surface area (Å²) in [6, 6.07) is 10.6. The maximum Gasteiger partial charge on any atom is 0.227 e. The van der Waals surface area contributed by atoms with Gasteiger partial charge < -0.3 is 10.2 Å². The summed E-state index contributed by atoms with van der Waals surface area (Å²) < 4.78 is 0.553. The number of rotatable bonds is 6. The molecule has 2 amide bonds. The molecule has 1 saturated heterocycles. The highest BCUT2D eigenvalue weighted by Gasteiger charge is 2.24. The van der Waals surface area contributed by atoms with Gasteiger partial charge in [-0.25, -0.2) is 0 Å². The van der Waals surface area contributed by atoms with Gasteiger partial charge in [-0.1, -0.05) is 23.7 Å². The lowest BCUT2D eigenvalue weighted by atomic mass is 10.1. The molecule has 130 valence electrons. The topological polar surface area (TPSA) is 66.5 Å². The van der Waals surface area contributed by atoms with Crippen molar-refractivity contribution in [2.75, 3.05) is 16.8 Å². The monoisotopic (exact) mass is 376 g/mol. The molecule has 0 spiro atoms. The summed E-state index contributed by atoms with van der Waals surface area (Å²) in [6.45, 7) is 0.656. The number of hydrogen-bond donors (Lipinski definition) is 1. The standard InChI is InChI=1S/C18H17ClN2O3S/c19-16-9-8-15(25-16)14(22)7-10-17(23)20-12-4-1-2-5-13(12)21-11-3-6-18(21)24/h1-2,4-5,8-9H,3,6-7,10-11H2,(H,20,23). The number of carbonyl (C=O) groups excluding carboxylic acids is 3. The third-order valence-electron chi connectivity index (χ3n) is 3.97. The third-order valence-corrected chi connectivity index (χ3v) is 5.24. The van der Waals surface area contributed by atoms with E-state index >= 15 is 0 Å². The van der Waals surface area contributed by atoms with Crippen LogP contribution in [0.25, 0.3) is 0 Å². The van der Waals surface area contributed by atoms with E-state index in [-0.39, 0.29) is 30.4 Å². The van der Waals surface area contributed by atoms with Gasteiger partial charge in [0, 0.05) is 25.8 Å². The number of amides is 2. The van der Waals surface area contributed by atoms with Gasteiger partial charge in [-0.05, 0) is 30.7 Å². The highest BCUT2D eigenvalue weighted by atomic mass is 35.5. The molecule has 1 aromatic heterocycles. The molecule has 1 aromatic carbocycles.